The van der Waals surface area contributed by atoms with Crippen molar-refractivity contribution < 1.29 is 4.79 Å². The Bertz CT molecular complexity index is 332. The summed E-state index contributed by atoms with van der Waals surface area (Å²) in [4.78, 5) is 11.2. The highest BCUT2D eigenvalue weighted by Gasteiger charge is 2.20. The first-order valence-corrected chi connectivity index (χ1v) is 4.10. The monoisotopic (exact) mass is 181 g/mol. The van der Waals surface area contributed by atoms with Crippen molar-refractivity contribution in [1.82, 2.24) is 20.9 Å². The van der Waals surface area contributed by atoms with Crippen LogP contribution in [0.25, 0.3) is 0 Å². The second kappa shape index (κ2) is 3.15. The fourth-order valence-electron chi connectivity index (χ4n) is 1.48. The third-order valence-electron chi connectivity index (χ3n) is 2.15. The van der Waals surface area contributed by atoms with Crippen LogP contribution in [0.2, 0.25) is 0 Å². The highest BCUT2D eigenvalue weighted by atomic mass is 16.2. The number of aromatic nitrogens is 2. The molecule has 1 aromatic heterocycles. The molecule has 0 atom stereocenters. The number of H-pyrrole nitrogens is 1. The van der Waals surface area contributed by atoms with Crippen molar-refractivity contribution in [2.45, 2.75) is 13.0 Å². The second-order valence-corrected chi connectivity index (χ2v) is 2.93. The fourth-order valence-corrected chi connectivity index (χ4v) is 1.48. The average Bonchev–Trinajstić information content (AvgIpc) is 2.60. The molecule has 1 aromatic rings. The zero-order chi connectivity index (χ0) is 9.26. The van der Waals surface area contributed by atoms with Crippen molar-refractivity contribution in [3.05, 3.63) is 17.0 Å². The van der Waals surface area contributed by atoms with E-state index in [2.05, 4.69) is 20.9 Å². The van der Waals surface area contributed by atoms with Crippen LogP contribution in [-0.4, -0.2) is 22.6 Å². The van der Waals surface area contributed by atoms with Gasteiger partial charge < -0.3 is 5.32 Å². The lowest BCUT2D eigenvalue weighted by molar-refractivity contribution is 0.0947. The molecule has 1 amide bonds. The number of nitrogen functional groups attached to an aromatic ring is 1. The van der Waals surface area contributed by atoms with E-state index in [1.54, 1.807) is 0 Å². The molecule has 13 heavy (non-hydrogen) atoms. The smallest absolute Gasteiger partial charge is 0.285 e. The maximum absolute atomic E-state index is 11.2. The lowest BCUT2D eigenvalue weighted by atomic mass is 10.1. The Morgan fingerprint density at radius 1 is 1.62 bits per heavy atom. The van der Waals surface area contributed by atoms with Crippen molar-refractivity contribution in [2.24, 2.45) is 5.84 Å². The standard InChI is InChI=1S/C7H11N5O/c8-10-7(13)6-4-3-9-2-1-5(4)11-12-6/h9H,1-3,8H2,(H,10,13)(H,11,12). The van der Waals surface area contributed by atoms with E-state index in [1.165, 1.54) is 0 Å². The van der Waals surface area contributed by atoms with E-state index >= 15 is 0 Å². The summed E-state index contributed by atoms with van der Waals surface area (Å²) in [5, 5.41) is 9.91. The Kier molecular flexibility index (Phi) is 1.99. The van der Waals surface area contributed by atoms with Crippen molar-refractivity contribution in [3.63, 3.8) is 0 Å². The van der Waals surface area contributed by atoms with Crippen molar-refractivity contribution in [3.8, 4) is 0 Å². The Morgan fingerprint density at radius 3 is 3.23 bits per heavy atom. The van der Waals surface area contributed by atoms with Gasteiger partial charge in [0.05, 0.1) is 0 Å². The van der Waals surface area contributed by atoms with Gasteiger partial charge >= 0.3 is 0 Å². The number of carbonyl (C=O) groups is 1. The number of nitrogens with two attached hydrogens (primary N) is 1. The van der Waals surface area contributed by atoms with Crippen LogP contribution in [0.4, 0.5) is 0 Å². The number of carbonyl (C=O) groups excluding carboxylic acids is 1. The Hall–Kier alpha value is -1.40. The molecule has 0 unspecified atom stereocenters. The average molecular weight is 181 g/mol. The summed E-state index contributed by atoms with van der Waals surface area (Å²) < 4.78 is 0. The van der Waals surface area contributed by atoms with Gasteiger partial charge in [-0.1, -0.05) is 0 Å². The van der Waals surface area contributed by atoms with Crippen LogP contribution >= 0.6 is 0 Å². The number of rotatable bonds is 1. The lowest BCUT2D eigenvalue weighted by Crippen LogP contribution is -2.32. The minimum absolute atomic E-state index is 0.346. The molecular weight excluding hydrogens is 170 g/mol. The molecule has 0 saturated carbocycles. The quantitative estimate of drug-likeness (QED) is 0.245. The summed E-state index contributed by atoms with van der Waals surface area (Å²) in [6, 6.07) is 0. The van der Waals surface area contributed by atoms with Gasteiger partial charge in [0, 0.05) is 30.8 Å². The van der Waals surface area contributed by atoms with Gasteiger partial charge in [0.15, 0.2) is 5.69 Å². The zero-order valence-electron chi connectivity index (χ0n) is 7.05. The molecule has 0 saturated heterocycles. The van der Waals surface area contributed by atoms with Crippen molar-refractivity contribution in [2.75, 3.05) is 6.54 Å². The highest BCUT2D eigenvalue weighted by Crippen LogP contribution is 2.14. The third kappa shape index (κ3) is 1.30. The number of nitrogens with zero attached hydrogens (tertiary/aromatic N) is 1. The first-order chi connectivity index (χ1) is 6.33. The number of amides is 1. The molecule has 0 aromatic carbocycles. The summed E-state index contributed by atoms with van der Waals surface area (Å²) >= 11 is 0. The van der Waals surface area contributed by atoms with Crippen LogP contribution in [0, 0.1) is 0 Å². The summed E-state index contributed by atoms with van der Waals surface area (Å²) in [5.74, 6) is 4.68. The van der Waals surface area contributed by atoms with E-state index < -0.39 is 0 Å². The topological polar surface area (TPSA) is 95.8 Å². The number of hydrazine groups is 1. The zero-order valence-corrected chi connectivity index (χ0v) is 7.05. The molecule has 1 aliphatic rings. The summed E-state index contributed by atoms with van der Waals surface area (Å²) in [7, 11) is 0. The molecule has 0 radical (unpaired) electrons. The van der Waals surface area contributed by atoms with Gasteiger partial charge in [0.2, 0.25) is 0 Å². The van der Waals surface area contributed by atoms with Crippen molar-refractivity contribution >= 4 is 5.91 Å². The van der Waals surface area contributed by atoms with E-state index in [0.717, 1.165) is 24.2 Å². The largest absolute Gasteiger partial charge is 0.312 e. The predicted octanol–water partition coefficient (Wildman–Crippen LogP) is -1.34. The molecule has 0 fully saturated rings. The van der Waals surface area contributed by atoms with Gasteiger partial charge in [0.25, 0.3) is 5.91 Å². The van der Waals surface area contributed by atoms with Crippen LogP contribution in [-0.2, 0) is 13.0 Å². The molecule has 70 valence electrons. The van der Waals surface area contributed by atoms with Crippen molar-refractivity contribution in [1.29, 1.82) is 0 Å². The summed E-state index contributed by atoms with van der Waals surface area (Å²) in [6.07, 6.45) is 0.875. The molecule has 6 heteroatoms. The maximum Gasteiger partial charge on any atom is 0.285 e. The molecule has 0 bridgehead atoms. The molecule has 1 aliphatic heterocycles. The molecule has 5 N–H and O–H groups in total. The first-order valence-electron chi connectivity index (χ1n) is 4.10. The number of nitrogens with one attached hydrogen (secondary N) is 3. The van der Waals surface area contributed by atoms with Crippen LogP contribution in [0.15, 0.2) is 0 Å². The first kappa shape index (κ1) is 8.21. The Balaban J connectivity index is 2.36. The number of hydrogen-bond acceptors (Lipinski definition) is 4. The van der Waals surface area contributed by atoms with Gasteiger partial charge in [0.1, 0.15) is 0 Å². The van der Waals surface area contributed by atoms with Crippen LogP contribution in [0.3, 0.4) is 0 Å². The minimum atomic E-state index is -0.346. The molecular formula is C7H11N5O. The minimum Gasteiger partial charge on any atom is -0.312 e. The Labute approximate surface area is 74.9 Å². The van der Waals surface area contributed by atoms with E-state index in [0.29, 0.717) is 12.2 Å². The number of aromatic amines is 1. The van der Waals surface area contributed by atoms with E-state index in [-0.39, 0.29) is 5.91 Å². The normalized spacial score (nSPS) is 15.2. The van der Waals surface area contributed by atoms with Gasteiger partial charge in [-0.25, -0.2) is 5.84 Å². The molecule has 2 rings (SSSR count). The highest BCUT2D eigenvalue weighted by molar-refractivity contribution is 5.93. The predicted molar refractivity (Wildman–Crippen MR) is 45.7 cm³/mol. The maximum atomic E-state index is 11.2. The van der Waals surface area contributed by atoms with E-state index in [4.69, 9.17) is 5.84 Å². The molecule has 0 aliphatic carbocycles. The molecule has 0 spiro atoms. The lowest BCUT2D eigenvalue weighted by Gasteiger charge is -2.12. The number of fused-ring (bicyclic) bond motifs is 1. The van der Waals surface area contributed by atoms with E-state index in [1.807, 2.05) is 0 Å². The second-order valence-electron chi connectivity index (χ2n) is 2.93. The third-order valence-corrected chi connectivity index (χ3v) is 2.15. The van der Waals surface area contributed by atoms with Gasteiger partial charge in [-0.15, -0.1) is 0 Å². The van der Waals surface area contributed by atoms with Gasteiger partial charge in [-0.3, -0.25) is 15.3 Å². The van der Waals surface area contributed by atoms with Gasteiger partial charge in [-0.05, 0) is 0 Å². The number of hydrogen-bond donors (Lipinski definition) is 4. The summed E-state index contributed by atoms with van der Waals surface area (Å²) in [6.45, 7) is 1.59. The fraction of sp³-hybridized carbons (Fsp3) is 0.429. The molecule has 6 nitrogen and oxygen atoms in total. The van der Waals surface area contributed by atoms with E-state index in [9.17, 15) is 4.79 Å². The Morgan fingerprint density at radius 2 is 2.46 bits per heavy atom. The van der Waals surface area contributed by atoms with Crippen LogP contribution < -0.4 is 16.6 Å². The summed E-state index contributed by atoms with van der Waals surface area (Å²) in [5.41, 5.74) is 4.41. The van der Waals surface area contributed by atoms with Gasteiger partial charge in [-0.2, -0.15) is 5.10 Å². The SMILES string of the molecule is NNC(=O)c1n[nH]c2c1CNCC2. The van der Waals surface area contributed by atoms with Crippen LogP contribution in [0.5, 0.6) is 0 Å². The van der Waals surface area contributed by atoms with Crippen LogP contribution in [0.1, 0.15) is 21.7 Å². The molecule has 2 heterocycles.